The first-order chi connectivity index (χ1) is 14.9. The first-order valence-electron chi connectivity index (χ1n) is 11.3. The average Bonchev–Trinajstić information content (AvgIpc) is 2.70. The quantitative estimate of drug-likeness (QED) is 0.647. The molecule has 0 bridgehead atoms. The Hall–Kier alpha value is -2.28. The lowest BCUT2D eigenvalue weighted by atomic mass is 9.72. The van der Waals surface area contributed by atoms with Crippen molar-refractivity contribution in [3.05, 3.63) is 36.4 Å². The van der Waals surface area contributed by atoms with Crippen molar-refractivity contribution in [2.45, 2.75) is 59.0 Å². The van der Waals surface area contributed by atoms with Gasteiger partial charge in [0, 0.05) is 25.7 Å². The van der Waals surface area contributed by atoms with Crippen molar-refractivity contribution in [1.82, 2.24) is 4.72 Å². The zero-order valence-electron chi connectivity index (χ0n) is 19.8. The van der Waals surface area contributed by atoms with Crippen LogP contribution in [0.2, 0.25) is 0 Å². The third-order valence-corrected chi connectivity index (χ3v) is 7.01. The van der Waals surface area contributed by atoms with E-state index in [0.29, 0.717) is 12.0 Å². The average molecular weight is 461 g/mol. The normalized spacial score (nSPS) is 19.5. The maximum atomic E-state index is 11.7. The van der Waals surface area contributed by atoms with Gasteiger partial charge in [-0.3, -0.25) is 9.52 Å². The van der Waals surface area contributed by atoms with Crippen LogP contribution in [0.5, 0.6) is 5.75 Å². The fourth-order valence-corrected chi connectivity index (χ4v) is 4.93. The number of nitrogens with zero attached hydrogens (tertiary/aromatic N) is 1. The Morgan fingerprint density at radius 2 is 1.69 bits per heavy atom. The van der Waals surface area contributed by atoms with E-state index in [1.54, 1.807) is 0 Å². The van der Waals surface area contributed by atoms with E-state index >= 15 is 0 Å². The van der Waals surface area contributed by atoms with Gasteiger partial charge in [0.05, 0.1) is 12.4 Å². The van der Waals surface area contributed by atoms with Gasteiger partial charge in [-0.15, -0.1) is 0 Å². The van der Waals surface area contributed by atoms with Crippen molar-refractivity contribution < 1.29 is 17.9 Å². The van der Waals surface area contributed by atoms with Gasteiger partial charge in [0.15, 0.2) is 0 Å². The van der Waals surface area contributed by atoms with E-state index < -0.39 is 15.9 Å². The summed E-state index contributed by atoms with van der Waals surface area (Å²) in [6.07, 6.45) is 6.03. The van der Waals surface area contributed by atoms with E-state index in [4.69, 9.17) is 4.74 Å². The number of anilines is 1. The summed E-state index contributed by atoms with van der Waals surface area (Å²) in [4.78, 5) is 13.7. The maximum absolute atomic E-state index is 11.7. The van der Waals surface area contributed by atoms with Crippen LogP contribution in [-0.2, 0) is 14.8 Å². The van der Waals surface area contributed by atoms with Gasteiger partial charge in [0.1, 0.15) is 5.75 Å². The summed E-state index contributed by atoms with van der Waals surface area (Å²) < 4.78 is 30.6. The molecule has 0 unspecified atom stereocenters. The molecule has 32 heavy (non-hydrogen) atoms. The second-order valence-electron chi connectivity index (χ2n) is 10.1. The molecule has 3 rings (SSSR count). The van der Waals surface area contributed by atoms with E-state index in [0.717, 1.165) is 47.2 Å². The number of rotatable bonds is 7. The number of nitrogens with one attached hydrogen (secondary N) is 1. The minimum atomic E-state index is -3.52. The minimum absolute atomic E-state index is 0.103. The number of ether oxygens (including phenoxy) is 1. The number of carbonyl (C=O) groups excluding carboxylic acids is 1. The summed E-state index contributed by atoms with van der Waals surface area (Å²) in [5.74, 6) is 1.18. The van der Waals surface area contributed by atoms with Gasteiger partial charge in [-0.2, -0.15) is 0 Å². The summed E-state index contributed by atoms with van der Waals surface area (Å²) in [5.41, 5.74) is 1.34. The number of fused-ring (bicyclic) bond motifs is 1. The molecule has 2 aromatic carbocycles. The predicted octanol–water partition coefficient (Wildman–Crippen LogP) is 4.73. The minimum Gasteiger partial charge on any atom is -0.490 e. The Morgan fingerprint density at radius 3 is 2.31 bits per heavy atom. The lowest BCUT2D eigenvalue weighted by molar-refractivity contribution is -0.119. The molecule has 1 amide bonds. The molecule has 0 spiro atoms. The summed E-state index contributed by atoms with van der Waals surface area (Å²) in [5, 5.41) is 2.21. The predicted molar refractivity (Wildman–Crippen MR) is 131 cm³/mol. The molecule has 1 aliphatic rings. The molecule has 2 aromatic rings. The van der Waals surface area contributed by atoms with Crippen LogP contribution >= 0.6 is 0 Å². The highest BCUT2D eigenvalue weighted by atomic mass is 32.2. The number of hydrogen-bond acceptors (Lipinski definition) is 5. The van der Waals surface area contributed by atoms with Crippen LogP contribution in [0.4, 0.5) is 5.69 Å². The van der Waals surface area contributed by atoms with Gasteiger partial charge in [0.2, 0.25) is 15.9 Å². The number of sulfonamides is 1. The van der Waals surface area contributed by atoms with Crippen LogP contribution in [0.15, 0.2) is 36.4 Å². The van der Waals surface area contributed by atoms with Crippen LogP contribution in [0.1, 0.15) is 52.9 Å². The Labute approximate surface area is 192 Å². The van der Waals surface area contributed by atoms with Crippen molar-refractivity contribution in [3.8, 4) is 5.75 Å². The van der Waals surface area contributed by atoms with Crippen LogP contribution in [-0.4, -0.2) is 40.3 Å². The highest BCUT2D eigenvalue weighted by Crippen LogP contribution is 2.39. The van der Waals surface area contributed by atoms with E-state index in [9.17, 15) is 13.2 Å². The third kappa shape index (κ3) is 6.86. The van der Waals surface area contributed by atoms with Gasteiger partial charge in [0.25, 0.3) is 0 Å². The molecule has 0 saturated heterocycles. The molecule has 1 saturated carbocycles. The van der Waals surface area contributed by atoms with Crippen molar-refractivity contribution in [2.24, 2.45) is 11.3 Å². The second-order valence-corrected chi connectivity index (χ2v) is 11.9. The Balaban J connectivity index is 1.59. The molecule has 0 radical (unpaired) electrons. The van der Waals surface area contributed by atoms with Gasteiger partial charge in [-0.05, 0) is 72.1 Å². The smallest absolute Gasteiger partial charge is 0.235 e. The number of carbonyl (C=O) groups is 1. The molecule has 0 aromatic heterocycles. The molecule has 1 aliphatic carbocycles. The molecule has 1 fully saturated rings. The molecular weight excluding hydrogens is 424 g/mol. The molecular formula is C25H36N2O4S. The highest BCUT2D eigenvalue weighted by Gasteiger charge is 2.30. The summed E-state index contributed by atoms with van der Waals surface area (Å²) in [6, 6.07) is 12.3. The van der Waals surface area contributed by atoms with Crippen molar-refractivity contribution in [3.63, 3.8) is 0 Å². The van der Waals surface area contributed by atoms with Gasteiger partial charge in [-0.1, -0.05) is 32.9 Å². The first-order valence-corrected chi connectivity index (χ1v) is 13.2. The molecule has 6 nitrogen and oxygen atoms in total. The topological polar surface area (TPSA) is 75.7 Å². The van der Waals surface area contributed by atoms with Crippen LogP contribution in [0.25, 0.3) is 10.8 Å². The number of hydrogen-bond donors (Lipinski definition) is 1. The third-order valence-electron chi connectivity index (χ3n) is 6.41. The Bertz CT molecular complexity index is 1050. The van der Waals surface area contributed by atoms with Gasteiger partial charge in [-0.25, -0.2) is 8.42 Å². The SMILES string of the molecule is CN(CCC(=O)NS(C)(=O)=O)c1ccc2cc(O[C@H]3CC[C@H](C(C)(C)C)CC3)ccc2c1. The van der Waals surface area contributed by atoms with E-state index in [-0.39, 0.29) is 12.5 Å². The fraction of sp³-hybridized carbons (Fsp3) is 0.560. The van der Waals surface area contributed by atoms with Gasteiger partial charge >= 0.3 is 0 Å². The largest absolute Gasteiger partial charge is 0.490 e. The number of amides is 1. The monoisotopic (exact) mass is 460 g/mol. The van der Waals surface area contributed by atoms with Crippen LogP contribution in [0, 0.1) is 11.3 Å². The van der Waals surface area contributed by atoms with E-state index in [2.05, 4.69) is 45.0 Å². The fourth-order valence-electron chi connectivity index (χ4n) is 4.42. The standard InChI is InChI=1S/C25H36N2O4S/c1-25(2,3)20-8-12-22(13-9-20)31-23-11-7-18-16-21(10-6-19(18)17-23)27(4)15-14-24(28)26-32(5,29)30/h6-7,10-11,16-17,20,22H,8-9,12-15H2,1-5H3,(H,26,28)/t20-,22-. The summed E-state index contributed by atoms with van der Waals surface area (Å²) in [6.45, 7) is 7.42. The molecule has 0 aliphatic heterocycles. The zero-order chi connectivity index (χ0) is 23.5. The Morgan fingerprint density at radius 1 is 1.06 bits per heavy atom. The Kier molecular flexibility index (Phi) is 7.38. The molecule has 7 heteroatoms. The lowest BCUT2D eigenvalue weighted by Crippen LogP contribution is -2.32. The van der Waals surface area contributed by atoms with Gasteiger partial charge < -0.3 is 9.64 Å². The summed E-state index contributed by atoms with van der Waals surface area (Å²) >= 11 is 0. The van der Waals surface area contributed by atoms with Crippen LogP contribution in [0.3, 0.4) is 0 Å². The van der Waals surface area contributed by atoms with Crippen molar-refractivity contribution >= 4 is 32.4 Å². The second kappa shape index (κ2) is 9.69. The van der Waals surface area contributed by atoms with E-state index in [1.807, 2.05) is 28.8 Å². The highest BCUT2D eigenvalue weighted by molar-refractivity contribution is 7.89. The van der Waals surface area contributed by atoms with Crippen molar-refractivity contribution in [1.29, 1.82) is 0 Å². The zero-order valence-corrected chi connectivity index (χ0v) is 20.7. The van der Waals surface area contributed by atoms with Crippen LogP contribution < -0.4 is 14.4 Å². The molecule has 176 valence electrons. The van der Waals surface area contributed by atoms with E-state index in [1.165, 1.54) is 12.8 Å². The summed E-state index contributed by atoms with van der Waals surface area (Å²) in [7, 11) is -1.63. The maximum Gasteiger partial charge on any atom is 0.235 e. The number of benzene rings is 2. The first kappa shape index (κ1) is 24.4. The molecule has 1 N–H and O–H groups in total. The molecule has 0 heterocycles. The lowest BCUT2D eigenvalue weighted by Gasteiger charge is -2.37. The molecule has 0 atom stereocenters. The van der Waals surface area contributed by atoms with Crippen molar-refractivity contribution in [2.75, 3.05) is 24.7 Å².